The molecule has 3 heterocycles. The summed E-state index contributed by atoms with van der Waals surface area (Å²) < 4.78 is 0. The van der Waals surface area contributed by atoms with Crippen molar-refractivity contribution in [3.63, 3.8) is 0 Å². The highest BCUT2D eigenvalue weighted by Crippen LogP contribution is 2.24. The normalized spacial score (nSPS) is 10.8. The summed E-state index contributed by atoms with van der Waals surface area (Å²) in [7, 11) is 1.80. The van der Waals surface area contributed by atoms with Crippen LogP contribution in [-0.2, 0) is 6.54 Å². The Morgan fingerprint density at radius 3 is 2.90 bits per heavy atom. The molecule has 0 atom stereocenters. The van der Waals surface area contributed by atoms with E-state index in [1.165, 1.54) is 0 Å². The lowest BCUT2D eigenvalue weighted by Crippen LogP contribution is -2.24. The molecule has 7 heteroatoms. The fourth-order valence-electron chi connectivity index (χ4n) is 2.20. The first kappa shape index (κ1) is 13.3. The van der Waals surface area contributed by atoms with Gasteiger partial charge in [0.25, 0.3) is 0 Å². The number of hydrogen-bond donors (Lipinski definition) is 2. The summed E-state index contributed by atoms with van der Waals surface area (Å²) in [6, 6.07) is 5.91. The predicted molar refractivity (Wildman–Crippen MR) is 82.2 cm³/mol. The average molecular weight is 283 g/mol. The van der Waals surface area contributed by atoms with Gasteiger partial charge in [-0.3, -0.25) is 10.1 Å². The fourth-order valence-corrected chi connectivity index (χ4v) is 2.20. The van der Waals surface area contributed by atoms with Crippen LogP contribution in [0, 0.1) is 0 Å². The summed E-state index contributed by atoms with van der Waals surface area (Å²) in [6.45, 7) is 3.60. The molecule has 0 aliphatic carbocycles. The molecule has 0 unspecified atom stereocenters. The van der Waals surface area contributed by atoms with Gasteiger partial charge in [-0.05, 0) is 19.1 Å². The minimum absolute atomic E-state index is 0.571. The van der Waals surface area contributed by atoms with E-state index in [0.29, 0.717) is 12.5 Å². The molecule has 0 saturated carbocycles. The highest BCUT2D eigenvalue weighted by molar-refractivity contribution is 5.87. The third-order valence-corrected chi connectivity index (χ3v) is 3.27. The maximum absolute atomic E-state index is 4.57. The number of anilines is 2. The van der Waals surface area contributed by atoms with Crippen LogP contribution in [0.4, 0.5) is 11.8 Å². The van der Waals surface area contributed by atoms with Gasteiger partial charge < -0.3 is 10.2 Å². The molecule has 3 aromatic rings. The van der Waals surface area contributed by atoms with Crippen LogP contribution in [-0.4, -0.2) is 38.7 Å². The molecule has 0 fully saturated rings. The standard InChI is InChI=1S/C14H17N7/c1-3-21(9-10-6-4-5-7-16-10)13-11-8-17-20-12(11)18-14(15-2)19-13/h4-8H,3,9H2,1-2H3,(H2,15,17,18,19,20). The molecule has 0 radical (unpaired) electrons. The molecule has 0 aromatic carbocycles. The quantitative estimate of drug-likeness (QED) is 0.743. The molecule has 108 valence electrons. The van der Waals surface area contributed by atoms with Crippen molar-refractivity contribution in [1.82, 2.24) is 25.1 Å². The van der Waals surface area contributed by atoms with Crippen LogP contribution in [0.5, 0.6) is 0 Å². The lowest BCUT2D eigenvalue weighted by atomic mass is 10.3. The molecule has 0 saturated heterocycles. The molecule has 0 bridgehead atoms. The van der Waals surface area contributed by atoms with Gasteiger partial charge in [0.15, 0.2) is 5.65 Å². The number of hydrogen-bond acceptors (Lipinski definition) is 6. The Labute approximate surface area is 122 Å². The van der Waals surface area contributed by atoms with Gasteiger partial charge in [-0.1, -0.05) is 6.07 Å². The maximum Gasteiger partial charge on any atom is 0.226 e. The van der Waals surface area contributed by atoms with Crippen molar-refractivity contribution in [2.24, 2.45) is 0 Å². The second-order valence-electron chi connectivity index (χ2n) is 4.59. The predicted octanol–water partition coefficient (Wildman–Crippen LogP) is 1.82. The number of nitrogens with one attached hydrogen (secondary N) is 2. The minimum Gasteiger partial charge on any atom is -0.357 e. The lowest BCUT2D eigenvalue weighted by molar-refractivity contribution is 0.797. The van der Waals surface area contributed by atoms with Crippen molar-refractivity contribution < 1.29 is 0 Å². The molecule has 2 N–H and O–H groups in total. The minimum atomic E-state index is 0.571. The van der Waals surface area contributed by atoms with E-state index in [0.717, 1.165) is 29.1 Å². The van der Waals surface area contributed by atoms with Gasteiger partial charge in [-0.15, -0.1) is 0 Å². The molecule has 21 heavy (non-hydrogen) atoms. The summed E-state index contributed by atoms with van der Waals surface area (Å²) >= 11 is 0. The highest BCUT2D eigenvalue weighted by Gasteiger charge is 2.15. The molecule has 7 nitrogen and oxygen atoms in total. The van der Waals surface area contributed by atoms with Crippen LogP contribution >= 0.6 is 0 Å². The van der Waals surface area contributed by atoms with Gasteiger partial charge in [0.2, 0.25) is 5.95 Å². The van der Waals surface area contributed by atoms with E-state index < -0.39 is 0 Å². The Balaban J connectivity index is 2.01. The monoisotopic (exact) mass is 283 g/mol. The molecule has 0 amide bonds. The van der Waals surface area contributed by atoms with Crippen LogP contribution in [0.15, 0.2) is 30.6 Å². The number of H-pyrrole nitrogens is 1. The van der Waals surface area contributed by atoms with Crippen LogP contribution in [0.25, 0.3) is 11.0 Å². The van der Waals surface area contributed by atoms with E-state index in [1.807, 2.05) is 18.2 Å². The van der Waals surface area contributed by atoms with Crippen molar-refractivity contribution >= 4 is 22.8 Å². The topological polar surface area (TPSA) is 82.6 Å². The fraction of sp³-hybridized carbons (Fsp3) is 0.286. The van der Waals surface area contributed by atoms with E-state index in [4.69, 9.17) is 0 Å². The van der Waals surface area contributed by atoms with Gasteiger partial charge in [0.1, 0.15) is 5.82 Å². The summed E-state index contributed by atoms with van der Waals surface area (Å²) in [4.78, 5) is 15.5. The Morgan fingerprint density at radius 1 is 1.29 bits per heavy atom. The summed E-state index contributed by atoms with van der Waals surface area (Å²) in [5.41, 5.74) is 1.73. The van der Waals surface area contributed by atoms with Crippen molar-refractivity contribution in [3.05, 3.63) is 36.3 Å². The summed E-state index contributed by atoms with van der Waals surface area (Å²) in [6.07, 6.45) is 3.56. The highest BCUT2D eigenvalue weighted by atomic mass is 15.3. The van der Waals surface area contributed by atoms with Gasteiger partial charge in [-0.2, -0.15) is 15.1 Å². The third kappa shape index (κ3) is 2.62. The Morgan fingerprint density at radius 2 is 2.19 bits per heavy atom. The Kier molecular flexibility index (Phi) is 3.63. The van der Waals surface area contributed by atoms with Crippen molar-refractivity contribution in [1.29, 1.82) is 0 Å². The Hall–Kier alpha value is -2.70. The molecule has 0 aliphatic heterocycles. The number of pyridine rings is 1. The molecule has 0 aliphatic rings. The number of rotatable bonds is 5. The molecular formula is C14H17N7. The third-order valence-electron chi connectivity index (χ3n) is 3.27. The van der Waals surface area contributed by atoms with E-state index in [2.05, 4.69) is 42.3 Å². The van der Waals surface area contributed by atoms with Crippen molar-refractivity contribution in [3.8, 4) is 0 Å². The SMILES string of the molecule is CCN(Cc1ccccn1)c1nc(NC)nc2[nH]ncc12. The molecular weight excluding hydrogens is 266 g/mol. The van der Waals surface area contributed by atoms with Gasteiger partial charge in [-0.25, -0.2) is 0 Å². The zero-order valence-corrected chi connectivity index (χ0v) is 12.0. The van der Waals surface area contributed by atoms with Crippen LogP contribution in [0.1, 0.15) is 12.6 Å². The number of aromatic nitrogens is 5. The number of aromatic amines is 1. The molecule has 0 spiro atoms. The molecule has 3 rings (SSSR count). The number of nitrogens with zero attached hydrogens (tertiary/aromatic N) is 5. The first-order chi connectivity index (χ1) is 10.3. The Bertz CT molecular complexity index is 723. The molecule has 3 aromatic heterocycles. The van der Waals surface area contributed by atoms with Crippen molar-refractivity contribution in [2.75, 3.05) is 23.8 Å². The maximum atomic E-state index is 4.57. The first-order valence-corrected chi connectivity index (χ1v) is 6.85. The van der Waals surface area contributed by atoms with Crippen LogP contribution in [0.3, 0.4) is 0 Å². The lowest BCUT2D eigenvalue weighted by Gasteiger charge is -2.22. The second kappa shape index (κ2) is 5.74. The summed E-state index contributed by atoms with van der Waals surface area (Å²) in [5, 5.41) is 10.8. The number of fused-ring (bicyclic) bond motifs is 1. The largest absolute Gasteiger partial charge is 0.357 e. The van der Waals surface area contributed by atoms with Crippen LogP contribution < -0.4 is 10.2 Å². The van der Waals surface area contributed by atoms with Gasteiger partial charge >= 0.3 is 0 Å². The van der Waals surface area contributed by atoms with Gasteiger partial charge in [0, 0.05) is 19.8 Å². The zero-order chi connectivity index (χ0) is 14.7. The zero-order valence-electron chi connectivity index (χ0n) is 12.0. The van der Waals surface area contributed by atoms with E-state index in [1.54, 1.807) is 19.4 Å². The smallest absolute Gasteiger partial charge is 0.226 e. The van der Waals surface area contributed by atoms with E-state index in [9.17, 15) is 0 Å². The van der Waals surface area contributed by atoms with Gasteiger partial charge in [0.05, 0.1) is 23.8 Å². The van der Waals surface area contributed by atoms with Crippen molar-refractivity contribution in [2.45, 2.75) is 13.5 Å². The van der Waals surface area contributed by atoms with Crippen LogP contribution in [0.2, 0.25) is 0 Å². The first-order valence-electron chi connectivity index (χ1n) is 6.85. The van der Waals surface area contributed by atoms with E-state index >= 15 is 0 Å². The summed E-state index contributed by atoms with van der Waals surface area (Å²) in [5.74, 6) is 1.42. The second-order valence-corrected chi connectivity index (χ2v) is 4.59. The average Bonchev–Trinajstić information content (AvgIpc) is 3.01. The van der Waals surface area contributed by atoms with E-state index in [-0.39, 0.29) is 0 Å².